The normalized spacial score (nSPS) is 15.4. The highest BCUT2D eigenvalue weighted by Crippen LogP contribution is 2.39. The SMILES string of the molecule is C[C@@H](NC(=O)CSc1nnc(C2CC2)n1N)c1ccccc1Br. The Balaban J connectivity index is 1.54. The number of nitrogen functional groups attached to an aromatic ring is 1. The van der Waals surface area contributed by atoms with E-state index in [1.807, 2.05) is 31.2 Å². The molecule has 1 aromatic carbocycles. The molecule has 1 heterocycles. The fourth-order valence-corrected chi connectivity index (χ4v) is 3.63. The third-order valence-electron chi connectivity index (χ3n) is 3.71. The Kier molecular flexibility index (Phi) is 4.91. The Hall–Kier alpha value is -1.54. The van der Waals surface area contributed by atoms with E-state index in [-0.39, 0.29) is 17.7 Å². The minimum absolute atomic E-state index is 0.0609. The van der Waals surface area contributed by atoms with Crippen LogP contribution in [0.25, 0.3) is 0 Å². The average Bonchev–Trinajstić information content (AvgIpc) is 3.29. The highest BCUT2D eigenvalue weighted by atomic mass is 79.9. The van der Waals surface area contributed by atoms with E-state index >= 15 is 0 Å². The first-order chi connectivity index (χ1) is 11.1. The monoisotopic (exact) mass is 395 g/mol. The molecule has 0 unspecified atom stereocenters. The molecule has 23 heavy (non-hydrogen) atoms. The largest absolute Gasteiger partial charge is 0.349 e. The molecule has 0 saturated heterocycles. The number of hydrogen-bond acceptors (Lipinski definition) is 5. The molecule has 3 N–H and O–H groups in total. The smallest absolute Gasteiger partial charge is 0.230 e. The van der Waals surface area contributed by atoms with Crippen molar-refractivity contribution in [1.29, 1.82) is 0 Å². The van der Waals surface area contributed by atoms with Gasteiger partial charge in [0.2, 0.25) is 11.1 Å². The lowest BCUT2D eigenvalue weighted by molar-refractivity contribution is -0.119. The molecule has 122 valence electrons. The Morgan fingerprint density at radius 1 is 1.48 bits per heavy atom. The van der Waals surface area contributed by atoms with Gasteiger partial charge in [-0.25, -0.2) is 4.68 Å². The third-order valence-corrected chi connectivity index (χ3v) is 5.38. The molecular weight excluding hydrogens is 378 g/mol. The van der Waals surface area contributed by atoms with Crippen LogP contribution in [0.1, 0.15) is 43.1 Å². The lowest BCUT2D eigenvalue weighted by Gasteiger charge is -2.15. The van der Waals surface area contributed by atoms with Gasteiger partial charge in [-0.1, -0.05) is 45.9 Å². The number of amides is 1. The molecule has 1 saturated carbocycles. The van der Waals surface area contributed by atoms with E-state index in [9.17, 15) is 4.79 Å². The lowest BCUT2D eigenvalue weighted by atomic mass is 10.1. The van der Waals surface area contributed by atoms with Gasteiger partial charge < -0.3 is 11.2 Å². The van der Waals surface area contributed by atoms with E-state index in [2.05, 4.69) is 31.4 Å². The second-order valence-corrected chi connectivity index (χ2v) is 7.38. The van der Waals surface area contributed by atoms with Crippen LogP contribution in [0.4, 0.5) is 0 Å². The van der Waals surface area contributed by atoms with Crippen molar-refractivity contribution in [3.63, 3.8) is 0 Å². The summed E-state index contributed by atoms with van der Waals surface area (Å²) in [6, 6.07) is 7.78. The quantitative estimate of drug-likeness (QED) is 0.579. The summed E-state index contributed by atoms with van der Waals surface area (Å²) < 4.78 is 2.49. The molecule has 6 nitrogen and oxygen atoms in total. The summed E-state index contributed by atoms with van der Waals surface area (Å²) in [4.78, 5) is 12.1. The predicted octanol–water partition coefficient (Wildman–Crippen LogP) is 2.60. The second kappa shape index (κ2) is 6.92. The number of nitrogens with one attached hydrogen (secondary N) is 1. The third kappa shape index (κ3) is 3.87. The van der Waals surface area contributed by atoms with Crippen molar-refractivity contribution in [3.05, 3.63) is 40.1 Å². The van der Waals surface area contributed by atoms with Crippen LogP contribution >= 0.6 is 27.7 Å². The summed E-state index contributed by atoms with van der Waals surface area (Å²) in [5, 5.41) is 11.7. The minimum atomic E-state index is -0.0727. The van der Waals surface area contributed by atoms with E-state index in [1.165, 1.54) is 16.4 Å². The van der Waals surface area contributed by atoms with Gasteiger partial charge in [0.05, 0.1) is 11.8 Å². The number of carbonyl (C=O) groups is 1. The summed E-state index contributed by atoms with van der Waals surface area (Å²) in [7, 11) is 0. The molecule has 1 aliphatic carbocycles. The molecule has 1 atom stereocenters. The van der Waals surface area contributed by atoms with Crippen LogP contribution in [-0.4, -0.2) is 26.5 Å². The first kappa shape index (κ1) is 16.3. The van der Waals surface area contributed by atoms with Gasteiger partial charge >= 0.3 is 0 Å². The maximum atomic E-state index is 12.1. The zero-order valence-corrected chi connectivity index (χ0v) is 15.1. The standard InChI is InChI=1S/C15H18BrN5OS/c1-9(11-4-2-3-5-12(11)16)18-13(22)8-23-15-20-19-14(21(15)17)10-6-7-10/h2-5,9-10H,6-8,17H2,1H3,(H,18,22)/t9-/m1/s1. The number of thioether (sulfide) groups is 1. The van der Waals surface area contributed by atoms with Gasteiger partial charge in [-0.2, -0.15) is 0 Å². The van der Waals surface area contributed by atoms with Crippen molar-refractivity contribution in [2.24, 2.45) is 0 Å². The van der Waals surface area contributed by atoms with Crippen molar-refractivity contribution in [2.75, 3.05) is 11.6 Å². The maximum absolute atomic E-state index is 12.1. The van der Waals surface area contributed by atoms with Crippen molar-refractivity contribution < 1.29 is 4.79 Å². The van der Waals surface area contributed by atoms with Crippen LogP contribution < -0.4 is 11.2 Å². The number of carbonyl (C=O) groups excluding carboxylic acids is 1. The Morgan fingerprint density at radius 2 is 2.22 bits per heavy atom. The van der Waals surface area contributed by atoms with Crippen molar-refractivity contribution in [1.82, 2.24) is 20.2 Å². The van der Waals surface area contributed by atoms with Crippen LogP contribution in [0.2, 0.25) is 0 Å². The first-order valence-corrected chi connectivity index (χ1v) is 9.21. The number of aromatic nitrogens is 3. The Bertz CT molecular complexity index is 716. The fourth-order valence-electron chi connectivity index (χ4n) is 2.32. The van der Waals surface area contributed by atoms with Gasteiger partial charge in [0.15, 0.2) is 5.82 Å². The number of hydrogen-bond donors (Lipinski definition) is 2. The zero-order chi connectivity index (χ0) is 16.4. The van der Waals surface area contributed by atoms with E-state index < -0.39 is 0 Å². The van der Waals surface area contributed by atoms with E-state index in [0.717, 1.165) is 28.7 Å². The van der Waals surface area contributed by atoms with Crippen LogP contribution in [0.3, 0.4) is 0 Å². The topological polar surface area (TPSA) is 85.8 Å². The highest BCUT2D eigenvalue weighted by Gasteiger charge is 2.30. The van der Waals surface area contributed by atoms with Gasteiger partial charge in [-0.15, -0.1) is 10.2 Å². The van der Waals surface area contributed by atoms with Gasteiger partial charge in [0.1, 0.15) is 0 Å². The summed E-state index contributed by atoms with van der Waals surface area (Å²) >= 11 is 4.80. The Morgan fingerprint density at radius 3 is 2.91 bits per heavy atom. The van der Waals surface area contributed by atoms with Crippen LogP contribution in [-0.2, 0) is 4.79 Å². The molecule has 2 aromatic rings. The summed E-state index contributed by atoms with van der Waals surface area (Å²) in [5.74, 6) is 7.42. The van der Waals surface area contributed by atoms with E-state index in [1.54, 1.807) is 0 Å². The molecule has 0 aliphatic heterocycles. The number of halogens is 1. The molecule has 1 fully saturated rings. The van der Waals surface area contributed by atoms with Crippen LogP contribution in [0, 0.1) is 0 Å². The molecule has 1 aromatic heterocycles. The van der Waals surface area contributed by atoms with Gasteiger partial charge in [-0.3, -0.25) is 4.79 Å². The summed E-state index contributed by atoms with van der Waals surface area (Å²) in [6.07, 6.45) is 2.23. The molecular formula is C15H18BrN5OS. The number of rotatable bonds is 6. The Labute approximate surface area is 147 Å². The summed E-state index contributed by atoms with van der Waals surface area (Å²) in [6.45, 7) is 1.96. The van der Waals surface area contributed by atoms with Gasteiger partial charge in [0, 0.05) is 10.4 Å². The molecule has 1 aliphatic rings. The maximum Gasteiger partial charge on any atom is 0.230 e. The highest BCUT2D eigenvalue weighted by molar-refractivity contribution is 9.10. The molecule has 1 amide bonds. The molecule has 0 bridgehead atoms. The average molecular weight is 396 g/mol. The molecule has 8 heteroatoms. The van der Waals surface area contributed by atoms with E-state index in [0.29, 0.717) is 11.1 Å². The van der Waals surface area contributed by atoms with Crippen molar-refractivity contribution >= 4 is 33.6 Å². The van der Waals surface area contributed by atoms with Gasteiger partial charge in [-0.05, 0) is 31.4 Å². The second-order valence-electron chi connectivity index (χ2n) is 5.58. The molecule has 0 radical (unpaired) electrons. The molecule has 0 spiro atoms. The number of nitrogens with two attached hydrogens (primary N) is 1. The number of nitrogens with zero attached hydrogens (tertiary/aromatic N) is 3. The molecule has 3 rings (SSSR count). The van der Waals surface area contributed by atoms with Crippen molar-refractivity contribution in [3.8, 4) is 0 Å². The van der Waals surface area contributed by atoms with Gasteiger partial charge in [0.25, 0.3) is 0 Å². The van der Waals surface area contributed by atoms with Crippen molar-refractivity contribution in [2.45, 2.75) is 36.9 Å². The number of benzene rings is 1. The summed E-state index contributed by atoms with van der Waals surface area (Å²) in [5.41, 5.74) is 1.05. The van der Waals surface area contributed by atoms with Crippen LogP contribution in [0.15, 0.2) is 33.9 Å². The van der Waals surface area contributed by atoms with Crippen LogP contribution in [0.5, 0.6) is 0 Å². The predicted molar refractivity (Wildman–Crippen MR) is 93.6 cm³/mol. The fraction of sp³-hybridized carbons (Fsp3) is 0.400. The first-order valence-electron chi connectivity index (χ1n) is 7.43. The van der Waals surface area contributed by atoms with E-state index in [4.69, 9.17) is 5.84 Å². The minimum Gasteiger partial charge on any atom is -0.349 e. The zero-order valence-electron chi connectivity index (χ0n) is 12.7. The lowest BCUT2D eigenvalue weighted by Crippen LogP contribution is -2.28.